The van der Waals surface area contributed by atoms with Gasteiger partial charge in [-0.3, -0.25) is 9.59 Å². The maximum absolute atomic E-state index is 13.7. The molecule has 0 aliphatic rings. The van der Waals surface area contributed by atoms with Crippen LogP contribution in [0.4, 0.5) is 0 Å². The molecule has 4 rings (SSSR count). The first-order valence-corrected chi connectivity index (χ1v) is 12.3. The van der Waals surface area contributed by atoms with E-state index in [-0.39, 0.29) is 24.8 Å². The summed E-state index contributed by atoms with van der Waals surface area (Å²) in [6.45, 7) is 0.450. The Bertz CT molecular complexity index is 1250. The quantitative estimate of drug-likeness (QED) is 0.311. The summed E-state index contributed by atoms with van der Waals surface area (Å²) in [5, 5.41) is 4.93. The molecule has 0 aliphatic heterocycles. The molecule has 0 saturated carbocycles. The number of benzene rings is 2. The molecule has 0 fully saturated rings. The third-order valence-electron chi connectivity index (χ3n) is 5.73. The van der Waals surface area contributed by atoms with Crippen LogP contribution in [-0.2, 0) is 29.1 Å². The van der Waals surface area contributed by atoms with Crippen molar-refractivity contribution in [3.63, 3.8) is 0 Å². The fraction of sp³-hybridized carbons (Fsp3) is 0.214. The molecular formula is C28H28N2O5S. The van der Waals surface area contributed by atoms with Gasteiger partial charge >= 0.3 is 0 Å². The van der Waals surface area contributed by atoms with Gasteiger partial charge < -0.3 is 24.1 Å². The average Bonchev–Trinajstić information content (AvgIpc) is 3.62. The van der Waals surface area contributed by atoms with E-state index in [0.717, 1.165) is 16.2 Å². The van der Waals surface area contributed by atoms with E-state index >= 15 is 0 Å². The molecule has 36 heavy (non-hydrogen) atoms. The van der Waals surface area contributed by atoms with Crippen molar-refractivity contribution in [1.82, 2.24) is 10.2 Å². The highest BCUT2D eigenvalue weighted by molar-refractivity contribution is 7.10. The fourth-order valence-corrected chi connectivity index (χ4v) is 4.57. The largest absolute Gasteiger partial charge is 0.497 e. The van der Waals surface area contributed by atoms with Crippen molar-refractivity contribution >= 4 is 23.2 Å². The zero-order valence-electron chi connectivity index (χ0n) is 20.2. The summed E-state index contributed by atoms with van der Waals surface area (Å²) in [7, 11) is 3.18. The highest BCUT2D eigenvalue weighted by Gasteiger charge is 2.32. The smallest absolute Gasteiger partial charge is 0.247 e. The minimum absolute atomic E-state index is 0.148. The van der Waals surface area contributed by atoms with Crippen LogP contribution in [0.1, 0.15) is 27.8 Å². The van der Waals surface area contributed by atoms with E-state index in [1.807, 2.05) is 53.9 Å². The molecule has 4 aromatic rings. The monoisotopic (exact) mass is 504 g/mol. The normalized spacial score (nSPS) is 11.5. The van der Waals surface area contributed by atoms with Gasteiger partial charge in [0.1, 0.15) is 23.3 Å². The lowest BCUT2D eigenvalue weighted by molar-refractivity contribution is -0.141. The van der Waals surface area contributed by atoms with Gasteiger partial charge in [-0.25, -0.2) is 0 Å². The molecule has 2 amide bonds. The van der Waals surface area contributed by atoms with Crippen LogP contribution in [-0.4, -0.2) is 30.9 Å². The highest BCUT2D eigenvalue weighted by Crippen LogP contribution is 2.28. The van der Waals surface area contributed by atoms with Gasteiger partial charge in [0.2, 0.25) is 11.8 Å². The van der Waals surface area contributed by atoms with Crippen LogP contribution in [0.2, 0.25) is 0 Å². The second kappa shape index (κ2) is 12.1. The number of amides is 2. The van der Waals surface area contributed by atoms with Gasteiger partial charge in [-0.2, -0.15) is 0 Å². The lowest BCUT2D eigenvalue weighted by atomic mass is 10.0. The molecule has 0 radical (unpaired) electrons. The van der Waals surface area contributed by atoms with Crippen LogP contribution < -0.4 is 14.8 Å². The second-order valence-corrected chi connectivity index (χ2v) is 9.13. The standard InChI is InChI=1S/C28H28N2O5S/c1-33-22-12-10-20(11-13-22)18-29-28(32)27(21-6-3-7-23(16-21)34-2)30(19-24-8-4-14-35-24)26(31)17-25-9-5-15-36-25/h3-16,27H,17-19H2,1-2H3,(H,29,32)/t27-/m0/s1. The first kappa shape index (κ1) is 25.1. The lowest BCUT2D eigenvalue weighted by Gasteiger charge is -2.31. The molecule has 2 aromatic carbocycles. The Morgan fingerprint density at radius 2 is 1.78 bits per heavy atom. The number of rotatable bonds is 11. The van der Waals surface area contributed by atoms with Crippen molar-refractivity contribution in [3.8, 4) is 11.5 Å². The summed E-state index contributed by atoms with van der Waals surface area (Å²) < 4.78 is 16.2. The Labute approximate surface area is 214 Å². The molecule has 186 valence electrons. The van der Waals surface area contributed by atoms with Crippen molar-refractivity contribution < 1.29 is 23.5 Å². The van der Waals surface area contributed by atoms with Gasteiger partial charge in [0.15, 0.2) is 0 Å². The van der Waals surface area contributed by atoms with Crippen LogP contribution in [0.5, 0.6) is 11.5 Å². The second-order valence-electron chi connectivity index (χ2n) is 8.10. The fourth-order valence-electron chi connectivity index (χ4n) is 3.87. The minimum atomic E-state index is -0.893. The number of hydrogen-bond acceptors (Lipinski definition) is 6. The molecule has 2 aromatic heterocycles. The summed E-state index contributed by atoms with van der Waals surface area (Å²) in [5.74, 6) is 1.45. The molecule has 2 heterocycles. The number of thiophene rings is 1. The van der Waals surface area contributed by atoms with E-state index in [1.54, 1.807) is 49.6 Å². The first-order valence-electron chi connectivity index (χ1n) is 11.5. The van der Waals surface area contributed by atoms with Gasteiger partial charge in [-0.05, 0) is 59.0 Å². The van der Waals surface area contributed by atoms with E-state index in [1.165, 1.54) is 11.3 Å². The van der Waals surface area contributed by atoms with E-state index in [9.17, 15) is 9.59 Å². The number of nitrogens with zero attached hydrogens (tertiary/aromatic N) is 1. The van der Waals surface area contributed by atoms with Crippen molar-refractivity contribution in [2.24, 2.45) is 0 Å². The molecule has 0 spiro atoms. The van der Waals surface area contributed by atoms with Crippen LogP contribution >= 0.6 is 11.3 Å². The van der Waals surface area contributed by atoms with Crippen LogP contribution in [0.3, 0.4) is 0 Å². The molecule has 1 N–H and O–H groups in total. The zero-order chi connectivity index (χ0) is 25.3. The minimum Gasteiger partial charge on any atom is -0.497 e. The Balaban J connectivity index is 1.65. The Hall–Kier alpha value is -4.04. The highest BCUT2D eigenvalue weighted by atomic mass is 32.1. The van der Waals surface area contributed by atoms with Crippen LogP contribution in [0, 0.1) is 0 Å². The number of methoxy groups -OCH3 is 2. The predicted octanol–water partition coefficient (Wildman–Crippen LogP) is 4.99. The number of furan rings is 1. The molecule has 0 unspecified atom stereocenters. The first-order chi connectivity index (χ1) is 17.6. The van der Waals surface area contributed by atoms with Gasteiger partial charge in [0, 0.05) is 11.4 Å². The van der Waals surface area contributed by atoms with Gasteiger partial charge in [-0.1, -0.05) is 30.3 Å². The number of hydrogen-bond donors (Lipinski definition) is 1. The number of carbonyl (C=O) groups excluding carboxylic acids is 2. The molecule has 1 atom stereocenters. The van der Waals surface area contributed by atoms with E-state index < -0.39 is 6.04 Å². The Morgan fingerprint density at radius 3 is 2.44 bits per heavy atom. The molecular weight excluding hydrogens is 476 g/mol. The van der Waals surface area contributed by atoms with Crippen molar-refractivity contribution in [1.29, 1.82) is 0 Å². The topological polar surface area (TPSA) is 81.0 Å². The van der Waals surface area contributed by atoms with Gasteiger partial charge in [0.05, 0.1) is 33.4 Å². The predicted molar refractivity (Wildman–Crippen MR) is 138 cm³/mol. The van der Waals surface area contributed by atoms with Crippen molar-refractivity contribution in [2.45, 2.75) is 25.6 Å². The average molecular weight is 505 g/mol. The summed E-state index contributed by atoms with van der Waals surface area (Å²) in [5.41, 5.74) is 1.56. The number of ether oxygens (including phenoxy) is 2. The van der Waals surface area contributed by atoms with E-state index in [0.29, 0.717) is 23.6 Å². The molecule has 0 bridgehead atoms. The Kier molecular flexibility index (Phi) is 8.41. The SMILES string of the molecule is COc1ccc(CNC(=O)[C@H](c2cccc(OC)c2)N(Cc2ccco2)C(=O)Cc2cccs2)cc1. The van der Waals surface area contributed by atoms with E-state index in [4.69, 9.17) is 13.9 Å². The summed E-state index contributed by atoms with van der Waals surface area (Å²) >= 11 is 1.51. The maximum Gasteiger partial charge on any atom is 0.247 e. The van der Waals surface area contributed by atoms with Crippen molar-refractivity contribution in [2.75, 3.05) is 14.2 Å². The third kappa shape index (κ3) is 6.34. The number of nitrogens with one attached hydrogen (secondary N) is 1. The van der Waals surface area contributed by atoms with Crippen LogP contribution in [0.15, 0.2) is 88.9 Å². The summed E-state index contributed by atoms with van der Waals surface area (Å²) in [6, 6.07) is 21.2. The van der Waals surface area contributed by atoms with Crippen molar-refractivity contribution in [3.05, 3.63) is 106 Å². The third-order valence-corrected chi connectivity index (χ3v) is 6.60. The van der Waals surface area contributed by atoms with Gasteiger partial charge in [0.25, 0.3) is 0 Å². The summed E-state index contributed by atoms with van der Waals surface area (Å²) in [4.78, 5) is 29.8. The summed E-state index contributed by atoms with van der Waals surface area (Å²) in [6.07, 6.45) is 1.74. The maximum atomic E-state index is 13.7. The lowest BCUT2D eigenvalue weighted by Crippen LogP contribution is -2.43. The molecule has 0 saturated heterocycles. The number of carbonyl (C=O) groups is 2. The van der Waals surface area contributed by atoms with Gasteiger partial charge in [-0.15, -0.1) is 11.3 Å². The molecule has 0 aliphatic carbocycles. The zero-order valence-corrected chi connectivity index (χ0v) is 21.0. The molecule has 8 heteroatoms. The Morgan fingerprint density at radius 1 is 0.972 bits per heavy atom. The van der Waals surface area contributed by atoms with Crippen LogP contribution in [0.25, 0.3) is 0 Å². The molecule has 7 nitrogen and oxygen atoms in total. The van der Waals surface area contributed by atoms with E-state index in [2.05, 4.69) is 5.32 Å².